The molecule has 0 spiro atoms. The third-order valence-corrected chi connectivity index (χ3v) is 7.27. The van der Waals surface area contributed by atoms with Crippen LogP contribution in [0.1, 0.15) is 58.9 Å². The van der Waals surface area contributed by atoms with Crippen LogP contribution in [0.4, 0.5) is 0 Å². The molecule has 2 aliphatic carbocycles. The Kier molecular flexibility index (Phi) is 7.85. The maximum atomic E-state index is 12.4. The molecule has 181 valence electrons. The van der Waals surface area contributed by atoms with Crippen LogP contribution in [0.2, 0.25) is 0 Å². The third kappa shape index (κ3) is 5.34. The summed E-state index contributed by atoms with van der Waals surface area (Å²) < 4.78 is 0. The predicted octanol–water partition coefficient (Wildman–Crippen LogP) is 7.63. The van der Waals surface area contributed by atoms with Gasteiger partial charge in [0.25, 0.3) is 0 Å². The smallest absolute Gasteiger partial charge is 0.168 e. The molecule has 5 rings (SSSR count). The minimum absolute atomic E-state index is 0. The zero-order valence-corrected chi connectivity index (χ0v) is 23.1. The Bertz CT molecular complexity index is 1210. The molecule has 4 heteroatoms. The van der Waals surface area contributed by atoms with E-state index in [2.05, 4.69) is 48.3 Å². The second-order valence-corrected chi connectivity index (χ2v) is 10.8. The van der Waals surface area contributed by atoms with Gasteiger partial charge in [0, 0.05) is 42.7 Å². The van der Waals surface area contributed by atoms with E-state index in [-0.39, 0.29) is 36.7 Å². The quantitative estimate of drug-likeness (QED) is 0.281. The number of aliphatic hydroxyl groups is 1. The molecule has 0 bridgehead atoms. The number of pyridine rings is 1. The minimum Gasteiger partial charge on any atom is -0.511 e. The first-order valence-corrected chi connectivity index (χ1v) is 11.9. The van der Waals surface area contributed by atoms with Crippen molar-refractivity contribution in [1.82, 2.24) is 4.98 Å². The summed E-state index contributed by atoms with van der Waals surface area (Å²) in [6.45, 7) is 10.1. The molecule has 1 saturated carbocycles. The van der Waals surface area contributed by atoms with Crippen LogP contribution >= 0.6 is 0 Å². The van der Waals surface area contributed by atoms with Gasteiger partial charge in [-0.15, -0.1) is 35.4 Å². The molecule has 1 fully saturated rings. The zero-order valence-electron chi connectivity index (χ0n) is 20.7. The van der Waals surface area contributed by atoms with Gasteiger partial charge in [0.2, 0.25) is 0 Å². The van der Waals surface area contributed by atoms with E-state index >= 15 is 0 Å². The molecule has 1 aromatic heterocycles. The Morgan fingerprint density at radius 3 is 2.26 bits per heavy atom. The molecule has 3 nitrogen and oxygen atoms in total. The summed E-state index contributed by atoms with van der Waals surface area (Å²) in [6, 6.07) is 19.8. The van der Waals surface area contributed by atoms with Gasteiger partial charge in [0.05, 0.1) is 0 Å². The number of benzene rings is 2. The van der Waals surface area contributed by atoms with Crippen molar-refractivity contribution in [1.29, 1.82) is 0 Å². The van der Waals surface area contributed by atoms with Gasteiger partial charge < -0.3 is 10.1 Å². The largest absolute Gasteiger partial charge is 0.511 e. The fourth-order valence-electron chi connectivity index (χ4n) is 4.84. The van der Waals surface area contributed by atoms with Gasteiger partial charge in [-0.2, -0.15) is 0 Å². The number of allylic oxidation sites excluding steroid dienone is 2. The van der Waals surface area contributed by atoms with E-state index in [9.17, 15) is 9.90 Å². The molecule has 2 aromatic carbocycles. The first-order chi connectivity index (χ1) is 15.6. The maximum absolute atomic E-state index is 12.4. The van der Waals surface area contributed by atoms with Crippen LogP contribution in [0.3, 0.4) is 0 Å². The van der Waals surface area contributed by atoms with E-state index in [1.165, 1.54) is 16.3 Å². The van der Waals surface area contributed by atoms with Crippen molar-refractivity contribution in [3.05, 3.63) is 77.7 Å². The number of rotatable bonds is 1. The summed E-state index contributed by atoms with van der Waals surface area (Å²) in [5.74, 6) is 0.851. The summed E-state index contributed by atoms with van der Waals surface area (Å²) in [5.41, 5.74) is 3.48. The van der Waals surface area contributed by atoms with Gasteiger partial charge in [-0.05, 0) is 48.1 Å². The number of ketones is 1. The standard InChI is InChI=1S/C16H12N.C14H22O2.Ir/c1-12-6-8-13(9-7-12)16-10-14-4-2-3-5-15(14)11-17-16;1-13(2)7-5-9-6-8-14(3,4)12(16)10(9)11(13)15;/h2-8,10-11H,1H3;9,15H,5-8H2,1-4H3;/q-1;;. The molecule has 1 radical (unpaired) electrons. The number of aromatic nitrogens is 1. The van der Waals surface area contributed by atoms with E-state index in [4.69, 9.17) is 0 Å². The maximum Gasteiger partial charge on any atom is 0.168 e. The summed E-state index contributed by atoms with van der Waals surface area (Å²) in [6.07, 6.45) is 5.95. The first-order valence-electron chi connectivity index (χ1n) is 11.9. The Balaban J connectivity index is 0.000000186. The van der Waals surface area contributed by atoms with Crippen molar-refractivity contribution in [2.75, 3.05) is 0 Å². The monoisotopic (exact) mass is 633 g/mol. The number of carbonyl (C=O) groups is 1. The van der Waals surface area contributed by atoms with Gasteiger partial charge in [-0.1, -0.05) is 65.0 Å². The van der Waals surface area contributed by atoms with Gasteiger partial charge in [0.1, 0.15) is 5.76 Å². The average Bonchev–Trinajstić information content (AvgIpc) is 2.79. The Morgan fingerprint density at radius 1 is 0.971 bits per heavy atom. The molecule has 0 aliphatic heterocycles. The number of aryl methyl sites for hydroxylation is 1. The molecule has 1 atom stereocenters. The van der Waals surface area contributed by atoms with Crippen molar-refractivity contribution in [3.63, 3.8) is 0 Å². The number of aliphatic hydroxyl groups excluding tert-OH is 1. The molecular formula is C30H34IrNO2-. The van der Waals surface area contributed by atoms with Crippen molar-refractivity contribution >= 4 is 16.6 Å². The van der Waals surface area contributed by atoms with Gasteiger partial charge >= 0.3 is 0 Å². The Hall–Kier alpha value is -2.29. The molecule has 1 N–H and O–H groups in total. The fraction of sp³-hybridized carbons (Fsp3) is 0.400. The predicted molar refractivity (Wildman–Crippen MR) is 135 cm³/mol. The van der Waals surface area contributed by atoms with Crippen LogP contribution in [0, 0.1) is 29.7 Å². The minimum atomic E-state index is -0.284. The molecule has 34 heavy (non-hydrogen) atoms. The topological polar surface area (TPSA) is 50.2 Å². The average molecular weight is 633 g/mol. The number of fused-ring (bicyclic) bond motifs is 2. The summed E-state index contributed by atoms with van der Waals surface area (Å²) in [7, 11) is 0. The van der Waals surface area contributed by atoms with E-state index in [0.717, 1.165) is 42.5 Å². The second kappa shape index (κ2) is 10.1. The SMILES string of the molecule is CC1(C)CCC2CCC(C)(C)C(O)=C2C1=O.Cc1c[c-]c(-c2cc3ccccc3cn2)cc1.[Ir]. The Labute approximate surface area is 217 Å². The number of hydrogen-bond acceptors (Lipinski definition) is 3. The number of nitrogens with zero attached hydrogens (tertiary/aromatic N) is 1. The van der Waals surface area contributed by atoms with E-state index < -0.39 is 0 Å². The van der Waals surface area contributed by atoms with Crippen LogP contribution < -0.4 is 0 Å². The summed E-state index contributed by atoms with van der Waals surface area (Å²) in [4.78, 5) is 16.8. The number of carbonyl (C=O) groups excluding carboxylic acids is 1. The third-order valence-electron chi connectivity index (χ3n) is 7.27. The van der Waals surface area contributed by atoms with Crippen LogP contribution in [-0.4, -0.2) is 15.9 Å². The van der Waals surface area contributed by atoms with E-state index in [1.54, 1.807) is 0 Å². The van der Waals surface area contributed by atoms with Gasteiger partial charge in [-0.25, -0.2) is 0 Å². The van der Waals surface area contributed by atoms with E-state index in [1.807, 2.05) is 52.1 Å². The van der Waals surface area contributed by atoms with Crippen molar-refractivity contribution in [3.8, 4) is 11.3 Å². The van der Waals surface area contributed by atoms with Crippen molar-refractivity contribution in [2.24, 2.45) is 16.7 Å². The second-order valence-electron chi connectivity index (χ2n) is 10.8. The van der Waals surface area contributed by atoms with Gasteiger partial charge in [0.15, 0.2) is 5.78 Å². The van der Waals surface area contributed by atoms with Crippen LogP contribution in [-0.2, 0) is 24.9 Å². The number of Topliss-reactive ketones (excluding diaryl/α,β-unsaturated/α-hetero) is 1. The summed E-state index contributed by atoms with van der Waals surface area (Å²) >= 11 is 0. The molecule has 1 heterocycles. The molecule has 0 amide bonds. The number of hydrogen-bond donors (Lipinski definition) is 1. The molecule has 0 saturated heterocycles. The van der Waals surface area contributed by atoms with E-state index in [0.29, 0.717) is 11.7 Å². The first kappa shape index (κ1) is 26.3. The van der Waals surface area contributed by atoms with Crippen LogP contribution in [0.15, 0.2) is 66.1 Å². The van der Waals surface area contributed by atoms with Crippen LogP contribution in [0.5, 0.6) is 0 Å². The molecule has 3 aromatic rings. The van der Waals surface area contributed by atoms with Gasteiger partial charge in [-0.3, -0.25) is 4.79 Å². The molecule has 2 aliphatic rings. The zero-order chi connectivity index (χ0) is 23.8. The van der Waals surface area contributed by atoms with Crippen LogP contribution in [0.25, 0.3) is 22.0 Å². The normalized spacial score (nSPS) is 20.6. The molecule has 1 unspecified atom stereocenters. The van der Waals surface area contributed by atoms with Crippen molar-refractivity contribution in [2.45, 2.75) is 60.3 Å². The van der Waals surface area contributed by atoms with Crippen molar-refractivity contribution < 1.29 is 30.0 Å². The molecular weight excluding hydrogens is 599 g/mol. The summed E-state index contributed by atoms with van der Waals surface area (Å²) in [5, 5.41) is 12.7. The Morgan fingerprint density at radius 2 is 1.62 bits per heavy atom. The fourth-order valence-corrected chi connectivity index (χ4v) is 4.84.